The van der Waals surface area contributed by atoms with Crippen molar-refractivity contribution in [1.29, 1.82) is 0 Å². The number of hydrogen-bond acceptors (Lipinski definition) is 5. The molecule has 0 saturated heterocycles. The molecule has 0 aliphatic carbocycles. The Morgan fingerprint density at radius 3 is 0.981 bits per heavy atom. The van der Waals surface area contributed by atoms with E-state index < -0.39 is 0 Å². The van der Waals surface area contributed by atoms with Gasteiger partial charge in [0.05, 0.1) is 11.7 Å². The SMILES string of the molecule is Cc1cc(N(c2ccccc2)c2ccccc2)c(C)cc1-c1c(C)c(C)c(-c2cc(C)c(N(c3ccccc3)c3ccccc3)cc2C)c2nsnc12. The van der Waals surface area contributed by atoms with Gasteiger partial charge in [-0.3, -0.25) is 0 Å². The van der Waals surface area contributed by atoms with E-state index in [9.17, 15) is 0 Å². The largest absolute Gasteiger partial charge is 0.310 e. The Balaban J connectivity index is 1.26. The van der Waals surface area contributed by atoms with E-state index >= 15 is 0 Å². The minimum absolute atomic E-state index is 0.961. The fourth-order valence-electron chi connectivity index (χ4n) is 7.69. The lowest BCUT2D eigenvalue weighted by Gasteiger charge is -2.29. The zero-order valence-corrected chi connectivity index (χ0v) is 31.9. The number of rotatable bonds is 8. The smallest absolute Gasteiger partial charge is 0.113 e. The van der Waals surface area contributed by atoms with Gasteiger partial charge in [-0.25, -0.2) is 0 Å². The monoisotopic (exact) mass is 706 g/mol. The highest BCUT2D eigenvalue weighted by molar-refractivity contribution is 7.00. The molecule has 8 aromatic rings. The molecule has 0 amide bonds. The van der Waals surface area contributed by atoms with Gasteiger partial charge in [-0.05, 0) is 159 Å². The number of fused-ring (bicyclic) bond motifs is 1. The van der Waals surface area contributed by atoms with Crippen molar-refractivity contribution in [2.75, 3.05) is 9.80 Å². The predicted octanol–water partition coefficient (Wildman–Crippen LogP) is 13.8. The Hall–Kier alpha value is -6.04. The highest BCUT2D eigenvalue weighted by Gasteiger charge is 2.25. The number of benzene rings is 7. The number of anilines is 6. The van der Waals surface area contributed by atoms with E-state index in [0.29, 0.717) is 0 Å². The molecular weight excluding hydrogens is 665 g/mol. The summed E-state index contributed by atoms with van der Waals surface area (Å²) in [4.78, 5) is 4.69. The molecule has 0 radical (unpaired) electrons. The van der Waals surface area contributed by atoms with Crippen molar-refractivity contribution in [3.8, 4) is 22.3 Å². The fraction of sp³-hybridized carbons (Fsp3) is 0.125. The van der Waals surface area contributed by atoms with E-state index in [4.69, 9.17) is 8.75 Å². The first-order valence-corrected chi connectivity index (χ1v) is 18.8. The molecule has 7 aromatic carbocycles. The van der Waals surface area contributed by atoms with Crippen LogP contribution in [0.4, 0.5) is 34.1 Å². The third kappa shape index (κ3) is 6.17. The lowest BCUT2D eigenvalue weighted by atomic mass is 9.85. The van der Waals surface area contributed by atoms with Gasteiger partial charge in [0.15, 0.2) is 0 Å². The zero-order valence-electron chi connectivity index (χ0n) is 31.1. The molecule has 0 N–H and O–H groups in total. The number of aromatic nitrogens is 2. The van der Waals surface area contributed by atoms with E-state index in [1.54, 1.807) is 0 Å². The van der Waals surface area contributed by atoms with Crippen molar-refractivity contribution in [3.05, 3.63) is 179 Å². The summed E-state index contributed by atoms with van der Waals surface area (Å²) in [7, 11) is 0. The minimum atomic E-state index is 0.961. The molecule has 1 heterocycles. The van der Waals surface area contributed by atoms with Crippen LogP contribution in [0.25, 0.3) is 33.3 Å². The second-order valence-corrected chi connectivity index (χ2v) is 14.4. The van der Waals surface area contributed by atoms with Gasteiger partial charge in [0.25, 0.3) is 0 Å². The van der Waals surface area contributed by atoms with Gasteiger partial charge >= 0.3 is 0 Å². The highest BCUT2D eigenvalue weighted by atomic mass is 32.1. The lowest BCUT2D eigenvalue weighted by Crippen LogP contribution is -2.12. The zero-order chi connectivity index (χ0) is 36.6. The highest BCUT2D eigenvalue weighted by Crippen LogP contribution is 2.46. The molecule has 1 aromatic heterocycles. The fourth-order valence-corrected chi connectivity index (χ4v) is 8.25. The molecule has 0 fully saturated rings. The maximum atomic E-state index is 5.00. The van der Waals surface area contributed by atoms with E-state index in [-0.39, 0.29) is 0 Å². The summed E-state index contributed by atoms with van der Waals surface area (Å²) in [6.07, 6.45) is 0. The van der Waals surface area contributed by atoms with Crippen molar-refractivity contribution >= 4 is 56.9 Å². The summed E-state index contributed by atoms with van der Waals surface area (Å²) < 4.78 is 9.99. The number of nitrogens with zero attached hydrogens (tertiary/aromatic N) is 4. The average molecular weight is 707 g/mol. The van der Waals surface area contributed by atoms with Gasteiger partial charge < -0.3 is 9.80 Å². The molecule has 0 aliphatic rings. The van der Waals surface area contributed by atoms with Crippen LogP contribution >= 0.6 is 11.7 Å². The van der Waals surface area contributed by atoms with E-state index in [2.05, 4.69) is 197 Å². The third-order valence-corrected chi connectivity index (χ3v) is 11.0. The Morgan fingerprint density at radius 1 is 0.377 bits per heavy atom. The molecule has 0 atom stereocenters. The van der Waals surface area contributed by atoms with Gasteiger partial charge in [0, 0.05) is 45.3 Å². The topological polar surface area (TPSA) is 32.3 Å². The predicted molar refractivity (Wildman–Crippen MR) is 226 cm³/mol. The first-order valence-electron chi connectivity index (χ1n) is 18.1. The van der Waals surface area contributed by atoms with Crippen LogP contribution in [0.5, 0.6) is 0 Å². The number of para-hydroxylation sites is 4. The molecule has 0 saturated carbocycles. The number of hydrogen-bond donors (Lipinski definition) is 0. The molecule has 0 unspecified atom stereocenters. The standard InChI is InChI=1S/C48H42N4S/c1-31-29-43(51(37-19-11-7-12-20-37)38-21-13-8-14-22-38)33(3)27-41(31)45-35(5)36(6)46(48-47(45)49-53-50-48)42-28-34(4)44(30-32(42)2)52(39-23-15-9-16-24-39)40-25-17-10-18-26-40/h7-30H,1-6H3. The van der Waals surface area contributed by atoms with Crippen molar-refractivity contribution < 1.29 is 0 Å². The summed E-state index contributed by atoms with van der Waals surface area (Å²) in [5.74, 6) is 0. The Morgan fingerprint density at radius 2 is 0.679 bits per heavy atom. The first kappa shape index (κ1) is 34.1. The molecule has 260 valence electrons. The first-order chi connectivity index (χ1) is 25.8. The van der Waals surface area contributed by atoms with Gasteiger partial charge in [-0.1, -0.05) is 72.8 Å². The Labute approximate surface area is 317 Å². The van der Waals surface area contributed by atoms with E-state index in [1.165, 1.54) is 67.4 Å². The molecule has 8 rings (SSSR count). The van der Waals surface area contributed by atoms with Crippen LogP contribution < -0.4 is 9.80 Å². The van der Waals surface area contributed by atoms with Crippen LogP contribution in [-0.4, -0.2) is 8.75 Å². The second-order valence-electron chi connectivity index (χ2n) is 13.9. The average Bonchev–Trinajstić information content (AvgIpc) is 3.66. The van der Waals surface area contributed by atoms with Gasteiger partial charge in [0.1, 0.15) is 11.0 Å². The molecule has 4 nitrogen and oxygen atoms in total. The van der Waals surface area contributed by atoms with Crippen LogP contribution in [0, 0.1) is 41.5 Å². The van der Waals surface area contributed by atoms with Crippen LogP contribution in [0.15, 0.2) is 146 Å². The summed E-state index contributed by atoms with van der Waals surface area (Å²) in [6, 6.07) is 51.8. The summed E-state index contributed by atoms with van der Waals surface area (Å²) >= 11 is 1.30. The third-order valence-electron chi connectivity index (χ3n) is 10.4. The molecule has 0 bridgehead atoms. The van der Waals surface area contributed by atoms with Crippen LogP contribution in [0.1, 0.15) is 33.4 Å². The van der Waals surface area contributed by atoms with Gasteiger partial charge in [-0.15, -0.1) is 0 Å². The normalized spacial score (nSPS) is 11.2. The van der Waals surface area contributed by atoms with E-state index in [1.807, 2.05) is 0 Å². The van der Waals surface area contributed by atoms with Crippen LogP contribution in [-0.2, 0) is 0 Å². The van der Waals surface area contributed by atoms with Crippen molar-refractivity contribution in [2.24, 2.45) is 0 Å². The van der Waals surface area contributed by atoms with Crippen molar-refractivity contribution in [1.82, 2.24) is 8.75 Å². The van der Waals surface area contributed by atoms with Gasteiger partial charge in [0.2, 0.25) is 0 Å². The van der Waals surface area contributed by atoms with Crippen LogP contribution in [0.2, 0.25) is 0 Å². The van der Waals surface area contributed by atoms with Crippen molar-refractivity contribution in [3.63, 3.8) is 0 Å². The maximum Gasteiger partial charge on any atom is 0.113 e. The molecule has 0 aliphatic heterocycles. The molecule has 53 heavy (non-hydrogen) atoms. The Kier molecular flexibility index (Phi) is 9.11. The molecular formula is C48H42N4S. The van der Waals surface area contributed by atoms with E-state index in [0.717, 1.165) is 45.2 Å². The molecule has 5 heteroatoms. The van der Waals surface area contributed by atoms with Crippen LogP contribution in [0.3, 0.4) is 0 Å². The number of aryl methyl sites for hydroxylation is 4. The maximum absolute atomic E-state index is 5.00. The Bertz CT molecular complexity index is 2300. The summed E-state index contributed by atoms with van der Waals surface area (Å²) in [6.45, 7) is 13.4. The summed E-state index contributed by atoms with van der Waals surface area (Å²) in [5.41, 5.74) is 20.7. The minimum Gasteiger partial charge on any atom is -0.310 e. The second kappa shape index (κ2) is 14.2. The summed E-state index contributed by atoms with van der Waals surface area (Å²) in [5, 5.41) is 0. The van der Waals surface area contributed by atoms with Crippen molar-refractivity contribution in [2.45, 2.75) is 41.5 Å². The lowest BCUT2D eigenvalue weighted by molar-refractivity contribution is 1.23. The molecule has 0 spiro atoms. The van der Waals surface area contributed by atoms with Gasteiger partial charge in [-0.2, -0.15) is 8.75 Å². The quantitative estimate of drug-likeness (QED) is 0.157.